The molecule has 3 rings (SSSR count). The Morgan fingerprint density at radius 1 is 1.19 bits per heavy atom. The van der Waals surface area contributed by atoms with Gasteiger partial charge in [-0.2, -0.15) is 0 Å². The van der Waals surface area contributed by atoms with Crippen molar-refractivity contribution in [1.29, 1.82) is 0 Å². The molecule has 140 valence electrons. The van der Waals surface area contributed by atoms with Crippen LogP contribution < -0.4 is 9.88 Å². The van der Waals surface area contributed by atoms with Gasteiger partial charge in [-0.25, -0.2) is 13.6 Å². The van der Waals surface area contributed by atoms with Crippen LogP contribution in [0.1, 0.15) is 31.4 Å². The first-order chi connectivity index (χ1) is 12.4. The molecule has 0 bridgehead atoms. The van der Waals surface area contributed by atoms with Crippen molar-refractivity contribution >= 4 is 21.6 Å². The number of halogens is 1. The summed E-state index contributed by atoms with van der Waals surface area (Å²) in [6.45, 7) is 3.45. The molecule has 2 aromatic rings. The molecule has 0 saturated heterocycles. The third-order valence-corrected chi connectivity index (χ3v) is 5.91. The van der Waals surface area contributed by atoms with Gasteiger partial charge in [-0.3, -0.25) is 4.90 Å². The third-order valence-electron chi connectivity index (χ3n) is 4.64. The van der Waals surface area contributed by atoms with Gasteiger partial charge in [0.2, 0.25) is 10.0 Å². The van der Waals surface area contributed by atoms with Crippen LogP contribution in [0.5, 0.6) is 5.75 Å². The Hall–Kier alpha value is -1.60. The van der Waals surface area contributed by atoms with Gasteiger partial charge >= 0.3 is 0 Å². The number of rotatable bonds is 8. The highest BCUT2D eigenvalue weighted by Crippen LogP contribution is 2.36. The standard InChI is InChI=1S/C19H23ClN2O3S/c1-14(18-4-2-3-5-19(18)20)22(15-6-7-15)12-13-25-16-8-10-17(11-9-16)26(21,23)24/h2-5,8-11,14-15H,6-7,12-13H2,1H3,(H2,21,23,24). The number of nitrogens with two attached hydrogens (primary N) is 1. The zero-order valence-corrected chi connectivity index (χ0v) is 16.2. The van der Waals surface area contributed by atoms with Crippen LogP contribution in [0.2, 0.25) is 5.02 Å². The Balaban J connectivity index is 1.60. The zero-order chi connectivity index (χ0) is 18.7. The number of sulfonamides is 1. The first kappa shape index (κ1) is 19.2. The second kappa shape index (κ2) is 7.96. The van der Waals surface area contributed by atoms with Gasteiger partial charge in [0.05, 0.1) is 4.90 Å². The van der Waals surface area contributed by atoms with E-state index in [9.17, 15) is 8.42 Å². The maximum Gasteiger partial charge on any atom is 0.238 e. The van der Waals surface area contributed by atoms with Gasteiger partial charge < -0.3 is 4.74 Å². The number of nitrogens with zero attached hydrogens (tertiary/aromatic N) is 1. The lowest BCUT2D eigenvalue weighted by atomic mass is 10.1. The van der Waals surface area contributed by atoms with E-state index in [2.05, 4.69) is 17.9 Å². The van der Waals surface area contributed by atoms with Crippen molar-refractivity contribution in [1.82, 2.24) is 4.90 Å². The van der Waals surface area contributed by atoms with Crippen molar-refractivity contribution in [3.8, 4) is 5.75 Å². The van der Waals surface area contributed by atoms with E-state index >= 15 is 0 Å². The summed E-state index contributed by atoms with van der Waals surface area (Å²) in [7, 11) is -3.68. The summed E-state index contributed by atoms with van der Waals surface area (Å²) in [4.78, 5) is 2.50. The lowest BCUT2D eigenvalue weighted by Gasteiger charge is -2.30. The fourth-order valence-corrected chi connectivity index (χ4v) is 3.89. The van der Waals surface area contributed by atoms with E-state index in [1.165, 1.54) is 25.0 Å². The molecule has 1 atom stereocenters. The Morgan fingerprint density at radius 2 is 1.85 bits per heavy atom. The monoisotopic (exact) mass is 394 g/mol. The second-order valence-corrected chi connectivity index (χ2v) is 8.50. The van der Waals surface area contributed by atoms with Crippen molar-refractivity contribution in [3.05, 3.63) is 59.1 Å². The van der Waals surface area contributed by atoms with E-state index in [-0.39, 0.29) is 10.9 Å². The van der Waals surface area contributed by atoms with Gasteiger partial charge in [-0.1, -0.05) is 29.8 Å². The fourth-order valence-electron chi connectivity index (χ4n) is 3.09. The molecule has 0 heterocycles. The van der Waals surface area contributed by atoms with E-state index in [0.717, 1.165) is 17.1 Å². The van der Waals surface area contributed by atoms with Crippen LogP contribution in [-0.2, 0) is 10.0 Å². The minimum Gasteiger partial charge on any atom is -0.492 e. The first-order valence-electron chi connectivity index (χ1n) is 8.62. The Morgan fingerprint density at radius 3 is 2.42 bits per heavy atom. The molecule has 1 saturated carbocycles. The average Bonchev–Trinajstić information content (AvgIpc) is 3.43. The van der Waals surface area contributed by atoms with Crippen molar-refractivity contribution in [2.45, 2.75) is 36.7 Å². The van der Waals surface area contributed by atoms with Crippen LogP contribution in [0.25, 0.3) is 0 Å². The quantitative estimate of drug-likeness (QED) is 0.742. The predicted octanol–water partition coefficient (Wildman–Crippen LogP) is 3.59. The summed E-state index contributed by atoms with van der Waals surface area (Å²) in [5.74, 6) is 0.624. The maximum atomic E-state index is 11.3. The number of hydrogen-bond donors (Lipinski definition) is 1. The Kier molecular flexibility index (Phi) is 5.87. The molecule has 0 spiro atoms. The van der Waals surface area contributed by atoms with Crippen LogP contribution in [0.15, 0.2) is 53.4 Å². The van der Waals surface area contributed by atoms with Gasteiger partial charge in [0, 0.05) is 23.7 Å². The summed E-state index contributed by atoms with van der Waals surface area (Å²) >= 11 is 6.35. The molecule has 5 nitrogen and oxygen atoms in total. The molecular weight excluding hydrogens is 372 g/mol. The SMILES string of the molecule is CC(c1ccccc1Cl)N(CCOc1ccc(S(N)(=O)=O)cc1)C1CC1. The topological polar surface area (TPSA) is 72.6 Å². The van der Waals surface area contributed by atoms with E-state index < -0.39 is 10.0 Å². The molecule has 0 radical (unpaired) electrons. The van der Waals surface area contributed by atoms with Crippen LogP contribution in [0.3, 0.4) is 0 Å². The molecule has 0 aliphatic heterocycles. The number of primary sulfonamides is 1. The van der Waals surface area contributed by atoms with Crippen molar-refractivity contribution < 1.29 is 13.2 Å². The molecule has 7 heteroatoms. The zero-order valence-electron chi connectivity index (χ0n) is 14.6. The van der Waals surface area contributed by atoms with Crippen molar-refractivity contribution in [2.75, 3.05) is 13.2 Å². The summed E-state index contributed by atoms with van der Waals surface area (Å²) in [6.07, 6.45) is 2.38. The van der Waals surface area contributed by atoms with Gasteiger partial charge in [-0.15, -0.1) is 0 Å². The third kappa shape index (κ3) is 4.76. The first-order valence-corrected chi connectivity index (χ1v) is 10.5. The minimum absolute atomic E-state index is 0.0804. The molecule has 0 aromatic heterocycles. The van der Waals surface area contributed by atoms with Gasteiger partial charge in [0.25, 0.3) is 0 Å². The largest absolute Gasteiger partial charge is 0.492 e. The molecule has 1 aliphatic carbocycles. The summed E-state index contributed by atoms with van der Waals surface area (Å²) in [5.41, 5.74) is 1.12. The maximum absolute atomic E-state index is 11.3. The smallest absolute Gasteiger partial charge is 0.238 e. The highest BCUT2D eigenvalue weighted by molar-refractivity contribution is 7.89. The van der Waals surface area contributed by atoms with Crippen LogP contribution >= 0.6 is 11.6 Å². The fraction of sp³-hybridized carbons (Fsp3) is 0.368. The average molecular weight is 395 g/mol. The summed E-state index contributed by atoms with van der Waals surface area (Å²) < 4.78 is 28.4. The lowest BCUT2D eigenvalue weighted by molar-refractivity contribution is 0.160. The normalized spacial score (nSPS) is 15.8. The number of benzene rings is 2. The van der Waals surface area contributed by atoms with Gasteiger partial charge in [0.1, 0.15) is 12.4 Å². The van der Waals surface area contributed by atoms with E-state index in [1.807, 2.05) is 18.2 Å². The molecule has 1 aliphatic rings. The Bertz CT molecular complexity index is 851. The van der Waals surface area contributed by atoms with Crippen molar-refractivity contribution in [3.63, 3.8) is 0 Å². The second-order valence-electron chi connectivity index (χ2n) is 6.53. The number of hydrogen-bond acceptors (Lipinski definition) is 4. The molecule has 2 N–H and O–H groups in total. The Labute approximate surface area is 159 Å². The summed E-state index contributed by atoms with van der Waals surface area (Å²) in [6, 6.07) is 14.9. The van der Waals surface area contributed by atoms with Crippen molar-refractivity contribution in [2.24, 2.45) is 5.14 Å². The molecular formula is C19H23ClN2O3S. The van der Waals surface area contributed by atoms with Gasteiger partial charge in [0.15, 0.2) is 0 Å². The van der Waals surface area contributed by atoms with Crippen LogP contribution in [-0.4, -0.2) is 32.5 Å². The lowest BCUT2D eigenvalue weighted by Crippen LogP contribution is -2.33. The highest BCUT2D eigenvalue weighted by atomic mass is 35.5. The summed E-state index contributed by atoms with van der Waals surface area (Å²) in [5, 5.41) is 5.88. The van der Waals surface area contributed by atoms with Gasteiger partial charge in [-0.05, 0) is 55.7 Å². The minimum atomic E-state index is -3.68. The van der Waals surface area contributed by atoms with Crippen LogP contribution in [0, 0.1) is 0 Å². The molecule has 1 unspecified atom stereocenters. The molecule has 2 aromatic carbocycles. The van der Waals surface area contributed by atoms with Crippen LogP contribution in [0.4, 0.5) is 0 Å². The predicted molar refractivity (Wildman–Crippen MR) is 103 cm³/mol. The molecule has 1 fully saturated rings. The molecule has 0 amide bonds. The van der Waals surface area contributed by atoms with E-state index in [1.54, 1.807) is 12.1 Å². The van der Waals surface area contributed by atoms with E-state index in [0.29, 0.717) is 18.4 Å². The number of ether oxygens (including phenoxy) is 1. The highest BCUT2D eigenvalue weighted by Gasteiger charge is 2.33. The molecule has 26 heavy (non-hydrogen) atoms. The van der Waals surface area contributed by atoms with E-state index in [4.69, 9.17) is 21.5 Å².